The monoisotopic (exact) mass is 237 g/mol. The van der Waals surface area contributed by atoms with Crippen LogP contribution in [0.2, 0.25) is 0 Å². The Morgan fingerprint density at radius 3 is 3.18 bits per heavy atom. The number of fused-ring (bicyclic) bond motifs is 1. The summed E-state index contributed by atoms with van der Waals surface area (Å²) in [6.07, 6.45) is 1.85. The van der Waals surface area contributed by atoms with Crippen LogP contribution in [0.15, 0.2) is 10.8 Å². The minimum absolute atomic E-state index is 0. The molecule has 5 heteroatoms. The Labute approximate surface area is 79.7 Å². The van der Waals surface area contributed by atoms with E-state index in [1.807, 2.05) is 6.20 Å². The van der Waals surface area contributed by atoms with E-state index in [1.54, 1.807) is 0 Å². The van der Waals surface area contributed by atoms with Crippen LogP contribution >= 0.6 is 28.3 Å². The molecule has 0 spiro atoms. The van der Waals surface area contributed by atoms with E-state index >= 15 is 0 Å². The van der Waals surface area contributed by atoms with Crippen molar-refractivity contribution in [3.63, 3.8) is 0 Å². The topological polar surface area (TPSA) is 29.9 Å². The summed E-state index contributed by atoms with van der Waals surface area (Å²) < 4.78 is 3.26. The van der Waals surface area contributed by atoms with Crippen molar-refractivity contribution in [2.45, 2.75) is 13.1 Å². The lowest BCUT2D eigenvalue weighted by Crippen LogP contribution is -2.28. The molecule has 0 bridgehead atoms. The third-order valence-corrected chi connectivity index (χ3v) is 2.32. The smallest absolute Gasteiger partial charge is 0.123 e. The van der Waals surface area contributed by atoms with E-state index < -0.39 is 0 Å². The SMILES string of the molecule is Brc1cnc2n1CCNC2.Cl. The van der Waals surface area contributed by atoms with Crippen LogP contribution in [-0.2, 0) is 13.1 Å². The number of halogens is 2. The van der Waals surface area contributed by atoms with E-state index in [0.29, 0.717) is 0 Å². The molecule has 1 aromatic rings. The Kier molecular flexibility index (Phi) is 2.92. The first-order valence-electron chi connectivity index (χ1n) is 3.28. The van der Waals surface area contributed by atoms with Gasteiger partial charge in [0.2, 0.25) is 0 Å². The zero-order valence-electron chi connectivity index (χ0n) is 5.88. The van der Waals surface area contributed by atoms with E-state index in [2.05, 4.69) is 30.8 Å². The predicted molar refractivity (Wildman–Crippen MR) is 48.9 cm³/mol. The molecule has 0 aromatic carbocycles. The molecule has 2 rings (SSSR count). The van der Waals surface area contributed by atoms with Gasteiger partial charge in [-0.3, -0.25) is 0 Å². The van der Waals surface area contributed by atoms with Gasteiger partial charge in [-0.15, -0.1) is 12.4 Å². The normalized spacial score (nSPS) is 15.4. The fraction of sp³-hybridized carbons (Fsp3) is 0.500. The summed E-state index contributed by atoms with van der Waals surface area (Å²) in [5.74, 6) is 1.12. The fourth-order valence-corrected chi connectivity index (χ4v) is 1.64. The lowest BCUT2D eigenvalue weighted by atomic mass is 10.4. The van der Waals surface area contributed by atoms with E-state index in [4.69, 9.17) is 0 Å². The van der Waals surface area contributed by atoms with Gasteiger partial charge < -0.3 is 9.88 Å². The zero-order valence-corrected chi connectivity index (χ0v) is 8.28. The van der Waals surface area contributed by atoms with Gasteiger partial charge in [0.25, 0.3) is 0 Å². The van der Waals surface area contributed by atoms with Gasteiger partial charge in [0.15, 0.2) is 0 Å². The summed E-state index contributed by atoms with van der Waals surface area (Å²) in [5.41, 5.74) is 0. The van der Waals surface area contributed by atoms with Crippen molar-refractivity contribution in [1.82, 2.24) is 14.9 Å². The average Bonchev–Trinajstić information content (AvgIpc) is 2.34. The minimum atomic E-state index is 0. The van der Waals surface area contributed by atoms with Crippen LogP contribution in [0, 0.1) is 0 Å². The van der Waals surface area contributed by atoms with E-state index in [9.17, 15) is 0 Å². The number of rotatable bonds is 0. The molecule has 1 aliphatic rings. The molecule has 1 aliphatic heterocycles. The summed E-state index contributed by atoms with van der Waals surface area (Å²) in [7, 11) is 0. The highest BCUT2D eigenvalue weighted by Crippen LogP contribution is 2.13. The van der Waals surface area contributed by atoms with Gasteiger partial charge in [-0.05, 0) is 15.9 Å². The zero-order chi connectivity index (χ0) is 6.97. The van der Waals surface area contributed by atoms with Crippen molar-refractivity contribution in [1.29, 1.82) is 0 Å². The van der Waals surface area contributed by atoms with Crippen molar-refractivity contribution in [2.75, 3.05) is 6.54 Å². The molecule has 0 saturated carbocycles. The van der Waals surface area contributed by atoms with Gasteiger partial charge in [-0.1, -0.05) is 0 Å². The molecule has 1 N–H and O–H groups in total. The summed E-state index contributed by atoms with van der Waals surface area (Å²) in [6, 6.07) is 0. The Morgan fingerprint density at radius 1 is 1.64 bits per heavy atom. The molecule has 1 aromatic heterocycles. The molecule has 0 atom stereocenters. The first-order valence-corrected chi connectivity index (χ1v) is 4.08. The van der Waals surface area contributed by atoms with Crippen molar-refractivity contribution in [3.8, 4) is 0 Å². The molecule has 2 heterocycles. The standard InChI is InChI=1S/C6H8BrN3.ClH/c7-5-3-9-6-4-8-1-2-10(5)6;/h3,8H,1-2,4H2;1H. The van der Waals surface area contributed by atoms with Crippen LogP contribution in [0.5, 0.6) is 0 Å². The molecule has 0 aliphatic carbocycles. The van der Waals surface area contributed by atoms with Gasteiger partial charge in [0, 0.05) is 13.1 Å². The second-order valence-corrected chi connectivity index (χ2v) is 3.14. The number of nitrogens with one attached hydrogen (secondary N) is 1. The number of hydrogen-bond acceptors (Lipinski definition) is 2. The van der Waals surface area contributed by atoms with Crippen LogP contribution in [0.25, 0.3) is 0 Å². The number of imidazole rings is 1. The minimum Gasteiger partial charge on any atom is -0.320 e. The molecule has 0 fully saturated rings. The van der Waals surface area contributed by atoms with Crippen LogP contribution in [0.1, 0.15) is 5.82 Å². The Balaban J connectivity index is 0.000000605. The number of nitrogens with zero attached hydrogens (tertiary/aromatic N) is 2. The molecule has 11 heavy (non-hydrogen) atoms. The summed E-state index contributed by atoms with van der Waals surface area (Å²) in [5, 5.41) is 3.25. The van der Waals surface area contributed by atoms with Crippen molar-refractivity contribution in [2.24, 2.45) is 0 Å². The Bertz CT molecular complexity index is 248. The van der Waals surface area contributed by atoms with Gasteiger partial charge in [0.1, 0.15) is 10.4 Å². The summed E-state index contributed by atoms with van der Waals surface area (Å²) in [6.45, 7) is 2.96. The predicted octanol–water partition coefficient (Wildman–Crippen LogP) is 1.17. The van der Waals surface area contributed by atoms with Crippen LogP contribution in [-0.4, -0.2) is 16.1 Å². The lowest BCUT2D eigenvalue weighted by Gasteiger charge is -2.15. The third kappa shape index (κ3) is 1.58. The van der Waals surface area contributed by atoms with Crippen molar-refractivity contribution < 1.29 is 0 Å². The van der Waals surface area contributed by atoms with E-state index in [0.717, 1.165) is 30.1 Å². The number of hydrogen-bond donors (Lipinski definition) is 1. The second kappa shape index (κ2) is 3.56. The van der Waals surface area contributed by atoms with Gasteiger partial charge in [0.05, 0.1) is 12.7 Å². The van der Waals surface area contributed by atoms with E-state index in [1.165, 1.54) is 0 Å². The molecule has 0 saturated heterocycles. The number of aromatic nitrogens is 2. The van der Waals surface area contributed by atoms with Crippen LogP contribution in [0.4, 0.5) is 0 Å². The molecular formula is C6H9BrClN3. The Hall–Kier alpha value is -0.0600. The molecule has 62 valence electrons. The Morgan fingerprint density at radius 2 is 2.45 bits per heavy atom. The third-order valence-electron chi connectivity index (χ3n) is 1.68. The highest BCUT2D eigenvalue weighted by atomic mass is 79.9. The summed E-state index contributed by atoms with van der Waals surface area (Å²) in [4.78, 5) is 4.21. The van der Waals surface area contributed by atoms with Gasteiger partial charge >= 0.3 is 0 Å². The quantitative estimate of drug-likeness (QED) is 0.735. The highest BCUT2D eigenvalue weighted by Gasteiger charge is 2.10. The maximum absolute atomic E-state index is 4.21. The highest BCUT2D eigenvalue weighted by molar-refractivity contribution is 9.10. The fourth-order valence-electron chi connectivity index (χ4n) is 1.16. The first kappa shape index (κ1) is 9.03. The van der Waals surface area contributed by atoms with Gasteiger partial charge in [-0.25, -0.2) is 4.98 Å². The van der Waals surface area contributed by atoms with E-state index in [-0.39, 0.29) is 12.4 Å². The van der Waals surface area contributed by atoms with Gasteiger partial charge in [-0.2, -0.15) is 0 Å². The average molecular weight is 239 g/mol. The van der Waals surface area contributed by atoms with Crippen molar-refractivity contribution >= 4 is 28.3 Å². The first-order chi connectivity index (χ1) is 4.88. The molecule has 0 unspecified atom stereocenters. The largest absolute Gasteiger partial charge is 0.320 e. The molecule has 0 radical (unpaired) electrons. The second-order valence-electron chi connectivity index (χ2n) is 2.33. The molecular weight excluding hydrogens is 229 g/mol. The molecule has 3 nitrogen and oxygen atoms in total. The summed E-state index contributed by atoms with van der Waals surface area (Å²) >= 11 is 3.42. The van der Waals surface area contributed by atoms with Crippen LogP contribution < -0.4 is 5.32 Å². The maximum atomic E-state index is 4.21. The van der Waals surface area contributed by atoms with Crippen molar-refractivity contribution in [3.05, 3.63) is 16.6 Å². The molecule has 0 amide bonds. The van der Waals surface area contributed by atoms with Crippen LogP contribution in [0.3, 0.4) is 0 Å². The lowest BCUT2D eigenvalue weighted by molar-refractivity contribution is 0.500. The maximum Gasteiger partial charge on any atom is 0.123 e.